The largest absolute Gasteiger partial charge is 0.476 e. The van der Waals surface area contributed by atoms with Crippen LogP contribution in [0.4, 0.5) is 0 Å². The summed E-state index contributed by atoms with van der Waals surface area (Å²) in [6.45, 7) is 4.68. The summed E-state index contributed by atoms with van der Waals surface area (Å²) in [5.41, 5.74) is 0.664. The lowest BCUT2D eigenvalue weighted by Gasteiger charge is -2.10. The van der Waals surface area contributed by atoms with E-state index in [4.69, 9.17) is 4.74 Å². The van der Waals surface area contributed by atoms with Gasteiger partial charge in [0, 0.05) is 6.20 Å². The number of carbonyl (C=O) groups is 1. The van der Waals surface area contributed by atoms with E-state index in [0.717, 1.165) is 12.8 Å². The van der Waals surface area contributed by atoms with Gasteiger partial charge in [0.05, 0.1) is 6.61 Å². The van der Waals surface area contributed by atoms with E-state index in [1.165, 1.54) is 4.40 Å². The van der Waals surface area contributed by atoms with Gasteiger partial charge in [-0.05, 0) is 24.5 Å². The first-order valence-electron chi connectivity index (χ1n) is 6.46. The second kappa shape index (κ2) is 5.73. The molecule has 2 aromatic rings. The average molecular weight is 262 g/mol. The highest BCUT2D eigenvalue weighted by molar-refractivity contribution is 5.89. The normalized spacial score (nSPS) is 12.5. The molecule has 2 heterocycles. The van der Waals surface area contributed by atoms with Gasteiger partial charge in [-0.1, -0.05) is 26.3 Å². The molecular weight excluding hydrogens is 244 g/mol. The minimum Gasteiger partial charge on any atom is -0.476 e. The van der Waals surface area contributed by atoms with Gasteiger partial charge in [0.15, 0.2) is 5.69 Å². The van der Waals surface area contributed by atoms with E-state index in [1.807, 2.05) is 6.07 Å². The number of carboxylic acid groups (broad SMARTS) is 1. The van der Waals surface area contributed by atoms with Gasteiger partial charge >= 0.3 is 5.97 Å². The molecule has 0 bridgehead atoms. The number of hydrogen-bond donors (Lipinski definition) is 1. The highest BCUT2D eigenvalue weighted by Gasteiger charge is 2.20. The number of ether oxygens (including phenoxy) is 1. The zero-order chi connectivity index (χ0) is 13.8. The SMILES string of the molecule is CCCC(C)COc1nc2ccccn2c1C(=O)O. The minimum absolute atomic E-state index is 0.0827. The monoisotopic (exact) mass is 262 g/mol. The Morgan fingerprint density at radius 1 is 1.53 bits per heavy atom. The van der Waals surface area contributed by atoms with Crippen molar-refractivity contribution in [3.05, 3.63) is 30.1 Å². The van der Waals surface area contributed by atoms with Crippen LogP contribution in [0.2, 0.25) is 0 Å². The quantitative estimate of drug-likeness (QED) is 0.869. The Hall–Kier alpha value is -2.04. The van der Waals surface area contributed by atoms with Crippen LogP contribution in [-0.2, 0) is 0 Å². The highest BCUT2D eigenvalue weighted by atomic mass is 16.5. The molecule has 1 unspecified atom stereocenters. The number of aromatic carboxylic acids is 1. The summed E-state index contributed by atoms with van der Waals surface area (Å²) in [5, 5.41) is 9.28. The van der Waals surface area contributed by atoms with Gasteiger partial charge in [-0.2, -0.15) is 4.98 Å². The lowest BCUT2D eigenvalue weighted by Crippen LogP contribution is -2.11. The molecule has 5 heteroatoms. The molecule has 102 valence electrons. The summed E-state index contributed by atoms with van der Waals surface area (Å²) >= 11 is 0. The number of fused-ring (bicyclic) bond motifs is 1. The molecule has 0 saturated carbocycles. The van der Waals surface area contributed by atoms with Crippen molar-refractivity contribution in [2.45, 2.75) is 26.7 Å². The van der Waals surface area contributed by atoms with Crippen LogP contribution < -0.4 is 4.74 Å². The molecule has 5 nitrogen and oxygen atoms in total. The Morgan fingerprint density at radius 3 is 3.00 bits per heavy atom. The summed E-state index contributed by atoms with van der Waals surface area (Å²) in [6.07, 6.45) is 3.81. The molecule has 19 heavy (non-hydrogen) atoms. The molecule has 1 atom stereocenters. The van der Waals surface area contributed by atoms with Gasteiger partial charge in [0.25, 0.3) is 0 Å². The minimum atomic E-state index is -1.03. The van der Waals surface area contributed by atoms with Crippen LogP contribution in [-0.4, -0.2) is 27.1 Å². The predicted octanol–water partition coefficient (Wildman–Crippen LogP) is 2.85. The summed E-state index contributed by atoms with van der Waals surface area (Å²) in [5.74, 6) is -0.449. The molecule has 0 fully saturated rings. The van der Waals surface area contributed by atoms with Crippen LogP contribution in [0.1, 0.15) is 37.2 Å². The van der Waals surface area contributed by atoms with Crippen molar-refractivity contribution in [3.63, 3.8) is 0 Å². The van der Waals surface area contributed by atoms with Crippen molar-refractivity contribution in [3.8, 4) is 5.88 Å². The van der Waals surface area contributed by atoms with E-state index >= 15 is 0 Å². The maximum atomic E-state index is 11.3. The van der Waals surface area contributed by atoms with Crippen LogP contribution in [0.15, 0.2) is 24.4 Å². The lowest BCUT2D eigenvalue weighted by molar-refractivity contribution is 0.0683. The Morgan fingerprint density at radius 2 is 2.32 bits per heavy atom. The van der Waals surface area contributed by atoms with Gasteiger partial charge < -0.3 is 9.84 Å². The van der Waals surface area contributed by atoms with Gasteiger partial charge in [0.2, 0.25) is 5.88 Å². The number of aromatic nitrogens is 2. The van der Waals surface area contributed by atoms with Crippen molar-refractivity contribution in [1.29, 1.82) is 0 Å². The molecule has 0 radical (unpaired) electrons. The van der Waals surface area contributed by atoms with Gasteiger partial charge in [-0.15, -0.1) is 0 Å². The Bertz CT molecular complexity index is 577. The second-order valence-corrected chi connectivity index (χ2v) is 4.70. The summed E-state index contributed by atoms with van der Waals surface area (Å²) in [4.78, 5) is 15.6. The first kappa shape index (κ1) is 13.4. The van der Waals surface area contributed by atoms with E-state index in [1.54, 1.807) is 18.3 Å². The summed E-state index contributed by atoms with van der Waals surface area (Å²) < 4.78 is 7.11. The summed E-state index contributed by atoms with van der Waals surface area (Å²) in [6, 6.07) is 5.34. The van der Waals surface area contributed by atoms with Crippen LogP contribution in [0.3, 0.4) is 0 Å². The van der Waals surface area contributed by atoms with E-state index in [-0.39, 0.29) is 11.6 Å². The van der Waals surface area contributed by atoms with Crippen LogP contribution in [0.5, 0.6) is 5.88 Å². The maximum Gasteiger partial charge on any atom is 0.358 e. The number of carboxylic acids is 1. The third-order valence-electron chi connectivity index (χ3n) is 2.99. The lowest BCUT2D eigenvalue weighted by atomic mass is 10.1. The van der Waals surface area contributed by atoms with Crippen molar-refractivity contribution in [2.75, 3.05) is 6.61 Å². The molecule has 0 aromatic carbocycles. The van der Waals surface area contributed by atoms with E-state index < -0.39 is 5.97 Å². The van der Waals surface area contributed by atoms with Gasteiger partial charge in [-0.3, -0.25) is 4.40 Å². The number of pyridine rings is 1. The molecule has 0 spiro atoms. The Kier molecular flexibility index (Phi) is 4.04. The number of nitrogens with zero attached hydrogens (tertiary/aromatic N) is 2. The molecule has 2 aromatic heterocycles. The van der Waals surface area contributed by atoms with Crippen molar-refractivity contribution >= 4 is 11.6 Å². The van der Waals surface area contributed by atoms with Crippen molar-refractivity contribution in [1.82, 2.24) is 9.38 Å². The molecular formula is C14H18N2O3. The standard InChI is InChI=1S/C14H18N2O3/c1-3-6-10(2)9-19-13-12(14(17)18)16-8-5-4-7-11(16)15-13/h4-5,7-8,10H,3,6,9H2,1-2H3,(H,17,18). The first-order valence-corrected chi connectivity index (χ1v) is 6.46. The molecule has 1 N–H and O–H groups in total. The van der Waals surface area contributed by atoms with E-state index in [0.29, 0.717) is 18.2 Å². The number of imidazole rings is 1. The zero-order valence-electron chi connectivity index (χ0n) is 11.2. The molecule has 0 aliphatic carbocycles. The Balaban J connectivity index is 2.27. The molecule has 0 aliphatic heterocycles. The number of hydrogen-bond acceptors (Lipinski definition) is 3. The Labute approximate surface area is 111 Å². The molecule has 0 saturated heterocycles. The predicted molar refractivity (Wildman–Crippen MR) is 71.7 cm³/mol. The summed E-state index contributed by atoms with van der Waals surface area (Å²) in [7, 11) is 0. The highest BCUT2D eigenvalue weighted by Crippen LogP contribution is 2.21. The van der Waals surface area contributed by atoms with E-state index in [2.05, 4.69) is 18.8 Å². The zero-order valence-corrected chi connectivity index (χ0v) is 11.2. The molecule has 0 amide bonds. The maximum absolute atomic E-state index is 11.3. The molecule has 2 rings (SSSR count). The van der Waals surface area contributed by atoms with E-state index in [9.17, 15) is 9.90 Å². The fourth-order valence-electron chi connectivity index (χ4n) is 2.07. The van der Waals surface area contributed by atoms with Crippen LogP contribution in [0, 0.1) is 5.92 Å². The van der Waals surface area contributed by atoms with Crippen LogP contribution >= 0.6 is 0 Å². The number of rotatable bonds is 6. The molecule has 0 aliphatic rings. The first-order chi connectivity index (χ1) is 9.13. The fraction of sp³-hybridized carbons (Fsp3) is 0.429. The van der Waals surface area contributed by atoms with Crippen molar-refractivity contribution < 1.29 is 14.6 Å². The topological polar surface area (TPSA) is 63.8 Å². The average Bonchev–Trinajstić information content (AvgIpc) is 2.75. The van der Waals surface area contributed by atoms with Gasteiger partial charge in [-0.25, -0.2) is 4.79 Å². The van der Waals surface area contributed by atoms with Crippen molar-refractivity contribution in [2.24, 2.45) is 5.92 Å². The van der Waals surface area contributed by atoms with Crippen LogP contribution in [0.25, 0.3) is 5.65 Å². The fourth-order valence-corrected chi connectivity index (χ4v) is 2.07. The second-order valence-electron chi connectivity index (χ2n) is 4.70. The van der Waals surface area contributed by atoms with Gasteiger partial charge in [0.1, 0.15) is 5.65 Å². The third kappa shape index (κ3) is 2.86. The smallest absolute Gasteiger partial charge is 0.358 e. The third-order valence-corrected chi connectivity index (χ3v) is 2.99.